The Morgan fingerprint density at radius 1 is 0.862 bits per heavy atom. The molecular formula is C44H47ClN8O5. The molecule has 1 spiro atoms. The number of rotatable bonds is 6. The van der Waals surface area contributed by atoms with Crippen LogP contribution in [0.1, 0.15) is 81.2 Å². The van der Waals surface area contributed by atoms with Gasteiger partial charge in [-0.1, -0.05) is 11.6 Å². The quantitative estimate of drug-likeness (QED) is 0.356. The molecule has 1 unspecified atom stereocenters. The number of anilines is 3. The van der Waals surface area contributed by atoms with Gasteiger partial charge in [0.25, 0.3) is 17.7 Å². The SMILES string of the molecule is Cc1c(N2CC3(CCN(c4ccc(C(=O)N5CCN(C6CN(c7ccc8c(c7)C(=O)N(C7CCC(=O)NC7=O)C8=O)C6)CC5)cc4)CC3)C[C@@H]2C)ccc(C#N)c1Cl. The summed E-state index contributed by atoms with van der Waals surface area (Å²) in [5, 5.41) is 12.2. The van der Waals surface area contributed by atoms with Crippen LogP contribution in [0.4, 0.5) is 17.1 Å². The number of carbonyl (C=O) groups excluding carboxylic acids is 5. The second-order valence-electron chi connectivity index (χ2n) is 17.0. The normalized spacial score (nSPS) is 23.7. The smallest absolute Gasteiger partial charge is 0.262 e. The van der Waals surface area contributed by atoms with Gasteiger partial charge in [0.15, 0.2) is 0 Å². The molecule has 14 heteroatoms. The average Bonchev–Trinajstić information content (AvgIpc) is 3.66. The molecule has 3 aromatic carbocycles. The first-order valence-electron chi connectivity index (χ1n) is 20.4. The summed E-state index contributed by atoms with van der Waals surface area (Å²) in [7, 11) is 0. The predicted octanol–water partition coefficient (Wildman–Crippen LogP) is 4.45. The second-order valence-corrected chi connectivity index (χ2v) is 17.3. The summed E-state index contributed by atoms with van der Waals surface area (Å²) in [4.78, 5) is 76.5. The van der Waals surface area contributed by atoms with Gasteiger partial charge in [0.2, 0.25) is 11.8 Å². The molecule has 6 aliphatic rings. The molecule has 13 nitrogen and oxygen atoms in total. The van der Waals surface area contributed by atoms with Crippen LogP contribution >= 0.6 is 11.6 Å². The number of carbonyl (C=O) groups is 5. The van der Waals surface area contributed by atoms with E-state index in [0.717, 1.165) is 92.6 Å². The van der Waals surface area contributed by atoms with Gasteiger partial charge in [-0.3, -0.25) is 39.1 Å². The van der Waals surface area contributed by atoms with Crippen LogP contribution in [0.2, 0.25) is 5.02 Å². The van der Waals surface area contributed by atoms with E-state index in [4.69, 9.17) is 11.6 Å². The molecule has 0 aliphatic carbocycles. The lowest BCUT2D eigenvalue weighted by atomic mass is 9.76. The van der Waals surface area contributed by atoms with E-state index in [9.17, 15) is 29.2 Å². The molecule has 6 aliphatic heterocycles. The number of halogens is 1. The Kier molecular flexibility index (Phi) is 9.68. The van der Waals surface area contributed by atoms with E-state index in [0.29, 0.717) is 41.3 Å². The Bertz CT molecular complexity index is 2250. The highest BCUT2D eigenvalue weighted by Gasteiger charge is 2.46. The molecule has 0 radical (unpaired) electrons. The van der Waals surface area contributed by atoms with E-state index >= 15 is 0 Å². The van der Waals surface area contributed by atoms with Crippen LogP contribution in [-0.4, -0.2) is 121 Å². The lowest BCUT2D eigenvalue weighted by Gasteiger charge is -2.49. The van der Waals surface area contributed by atoms with E-state index in [2.05, 4.69) is 50.0 Å². The highest BCUT2D eigenvalue weighted by atomic mass is 35.5. The predicted molar refractivity (Wildman–Crippen MR) is 219 cm³/mol. The first-order chi connectivity index (χ1) is 27.9. The van der Waals surface area contributed by atoms with Crippen LogP contribution in [0.5, 0.6) is 0 Å². The number of nitriles is 1. The van der Waals surface area contributed by atoms with Crippen LogP contribution in [0.3, 0.4) is 0 Å². The molecule has 5 amide bonds. The van der Waals surface area contributed by atoms with Gasteiger partial charge in [0.1, 0.15) is 12.1 Å². The van der Waals surface area contributed by atoms with E-state index in [-0.39, 0.29) is 35.3 Å². The maximum Gasteiger partial charge on any atom is 0.262 e. The molecule has 5 fully saturated rings. The van der Waals surface area contributed by atoms with Crippen LogP contribution in [0, 0.1) is 23.7 Å². The van der Waals surface area contributed by atoms with Crippen molar-refractivity contribution in [1.29, 1.82) is 5.26 Å². The molecule has 58 heavy (non-hydrogen) atoms. The first kappa shape index (κ1) is 38.1. The van der Waals surface area contributed by atoms with Crippen LogP contribution in [-0.2, 0) is 9.59 Å². The van der Waals surface area contributed by atoms with Gasteiger partial charge in [-0.05, 0) is 105 Å². The minimum atomic E-state index is -0.983. The third kappa shape index (κ3) is 6.56. The Morgan fingerprint density at radius 3 is 2.24 bits per heavy atom. The number of piperidine rings is 2. The maximum absolute atomic E-state index is 13.6. The van der Waals surface area contributed by atoms with Gasteiger partial charge in [-0.2, -0.15) is 5.26 Å². The molecule has 1 N–H and O–H groups in total. The van der Waals surface area contributed by atoms with Gasteiger partial charge in [0.05, 0.1) is 21.7 Å². The number of hydrogen-bond acceptors (Lipinski definition) is 10. The third-order valence-corrected chi connectivity index (χ3v) is 14.1. The molecule has 6 heterocycles. The van der Waals surface area contributed by atoms with Crippen molar-refractivity contribution in [2.75, 3.05) is 73.6 Å². The van der Waals surface area contributed by atoms with Crippen molar-refractivity contribution >= 4 is 58.2 Å². The fourth-order valence-corrected chi connectivity index (χ4v) is 10.4. The fraction of sp³-hybridized carbons (Fsp3) is 0.455. The number of nitrogens with zero attached hydrogens (tertiary/aromatic N) is 7. The largest absolute Gasteiger partial charge is 0.371 e. The summed E-state index contributed by atoms with van der Waals surface area (Å²) in [6.07, 6.45) is 3.54. The summed E-state index contributed by atoms with van der Waals surface area (Å²) in [6.45, 7) is 11.6. The number of benzene rings is 3. The third-order valence-electron chi connectivity index (χ3n) is 13.6. The number of hydrogen-bond donors (Lipinski definition) is 1. The Labute approximate surface area is 343 Å². The maximum atomic E-state index is 13.6. The highest BCUT2D eigenvalue weighted by molar-refractivity contribution is 6.33. The van der Waals surface area contributed by atoms with Gasteiger partial charge < -0.3 is 19.6 Å². The monoisotopic (exact) mass is 802 g/mol. The average molecular weight is 803 g/mol. The molecule has 0 aromatic heterocycles. The minimum absolute atomic E-state index is 0.0565. The van der Waals surface area contributed by atoms with Crippen molar-refractivity contribution in [3.63, 3.8) is 0 Å². The Balaban J connectivity index is 0.744. The van der Waals surface area contributed by atoms with Crippen molar-refractivity contribution in [3.05, 3.63) is 87.4 Å². The van der Waals surface area contributed by atoms with Crippen molar-refractivity contribution in [2.45, 2.75) is 64.1 Å². The number of fused-ring (bicyclic) bond motifs is 1. The highest BCUT2D eigenvalue weighted by Crippen LogP contribution is 2.47. The summed E-state index contributed by atoms with van der Waals surface area (Å²) < 4.78 is 0. The summed E-state index contributed by atoms with van der Waals surface area (Å²) >= 11 is 6.54. The number of imide groups is 2. The van der Waals surface area contributed by atoms with E-state index in [1.165, 1.54) is 0 Å². The molecule has 0 bridgehead atoms. The molecule has 0 saturated carbocycles. The second kappa shape index (κ2) is 14.7. The Morgan fingerprint density at radius 2 is 1.55 bits per heavy atom. The lowest BCUT2D eigenvalue weighted by Crippen LogP contribution is -2.63. The van der Waals surface area contributed by atoms with E-state index in [1.54, 1.807) is 12.1 Å². The number of amides is 5. The molecular weight excluding hydrogens is 756 g/mol. The Hall–Kier alpha value is -5.45. The topological polar surface area (TPSA) is 141 Å². The van der Waals surface area contributed by atoms with Crippen LogP contribution in [0.15, 0.2) is 54.6 Å². The zero-order chi connectivity index (χ0) is 40.5. The number of piperazine rings is 1. The van der Waals surface area contributed by atoms with Gasteiger partial charge in [-0.15, -0.1) is 0 Å². The molecule has 5 saturated heterocycles. The summed E-state index contributed by atoms with van der Waals surface area (Å²) in [5.74, 6) is -1.96. The van der Waals surface area contributed by atoms with E-state index < -0.39 is 29.7 Å². The standard InChI is InChI=1S/C44H47ClN8O5/c1-27-22-44(26-52(27)36-10-5-30(23-46)39(45)28(36)2)13-15-48(16-14-44)31-6-3-29(4-7-31)41(56)50-19-17-49(18-20-50)33-24-51(25-33)32-8-9-34-35(21-32)43(58)53(42(34)57)37-11-12-38(54)47-40(37)55/h3-10,21,27,33,37H,11-20,22,24-26H2,1-2H3,(H,47,54,55)/t27-,37?/m0/s1. The first-order valence-corrected chi connectivity index (χ1v) is 20.8. The van der Waals surface area contributed by atoms with Crippen molar-refractivity contribution in [1.82, 2.24) is 20.0 Å². The summed E-state index contributed by atoms with van der Waals surface area (Å²) in [5.41, 5.74) is 6.13. The van der Waals surface area contributed by atoms with Crippen molar-refractivity contribution in [3.8, 4) is 6.07 Å². The molecule has 9 rings (SSSR count). The zero-order valence-corrected chi connectivity index (χ0v) is 33.6. The number of nitrogens with one attached hydrogen (secondary N) is 1. The van der Waals surface area contributed by atoms with Gasteiger partial charge >= 0.3 is 0 Å². The molecule has 2 atom stereocenters. The van der Waals surface area contributed by atoms with E-state index in [1.807, 2.05) is 42.2 Å². The molecule has 300 valence electrons. The van der Waals surface area contributed by atoms with Crippen molar-refractivity contribution < 1.29 is 24.0 Å². The lowest BCUT2D eigenvalue weighted by molar-refractivity contribution is -0.136. The van der Waals surface area contributed by atoms with Crippen molar-refractivity contribution in [2.24, 2.45) is 5.41 Å². The van der Waals surface area contributed by atoms with Crippen LogP contribution < -0.4 is 20.0 Å². The zero-order valence-electron chi connectivity index (χ0n) is 32.9. The van der Waals surface area contributed by atoms with Gasteiger partial charge in [0, 0.05) is 100 Å². The van der Waals surface area contributed by atoms with Gasteiger partial charge in [-0.25, -0.2) is 0 Å². The molecule has 3 aromatic rings. The minimum Gasteiger partial charge on any atom is -0.371 e. The van der Waals surface area contributed by atoms with Crippen LogP contribution in [0.25, 0.3) is 0 Å². The summed E-state index contributed by atoms with van der Waals surface area (Å²) in [6, 6.07) is 19.2. The fourth-order valence-electron chi connectivity index (χ4n) is 10.2.